The van der Waals surface area contributed by atoms with Crippen LogP contribution in [0, 0.1) is 0 Å². The second-order valence-electron chi connectivity index (χ2n) is 4.53. The van der Waals surface area contributed by atoms with Crippen molar-refractivity contribution in [2.45, 2.75) is 25.6 Å². The van der Waals surface area contributed by atoms with E-state index in [2.05, 4.69) is 4.74 Å². The fraction of sp³-hybridized carbons (Fsp3) is 0.533. The first-order chi connectivity index (χ1) is 9.79. The van der Waals surface area contributed by atoms with E-state index in [4.69, 9.17) is 14.2 Å². The highest BCUT2D eigenvalue weighted by Crippen LogP contribution is 2.15. The second kappa shape index (κ2) is 7.87. The molecule has 1 aliphatic heterocycles. The molecule has 0 atom stereocenters. The van der Waals surface area contributed by atoms with Crippen LogP contribution in [0.4, 0.5) is 0 Å². The fourth-order valence-electron chi connectivity index (χ4n) is 1.98. The molecule has 1 aromatic rings. The smallest absolute Gasteiger partial charge is 0.337 e. The maximum atomic E-state index is 11.3. The number of methoxy groups -OCH3 is 1. The molecule has 0 saturated carbocycles. The third-order valence-electron chi connectivity index (χ3n) is 3.07. The number of hydrogen-bond donors (Lipinski definition) is 0. The van der Waals surface area contributed by atoms with Crippen LogP contribution in [0.1, 0.15) is 29.6 Å². The Bertz CT molecular complexity index is 409. The van der Waals surface area contributed by atoms with Gasteiger partial charge in [0.25, 0.3) is 0 Å². The number of carbonyl (C=O) groups excluding carboxylic acids is 1. The zero-order valence-electron chi connectivity index (χ0n) is 11.7. The molecule has 1 aromatic carbocycles. The SMILES string of the molecule is COC(=O)c1ccc(OCCCCC2OCCO2)cc1. The maximum absolute atomic E-state index is 11.3. The van der Waals surface area contributed by atoms with Gasteiger partial charge >= 0.3 is 5.97 Å². The van der Waals surface area contributed by atoms with Crippen LogP contribution >= 0.6 is 0 Å². The third kappa shape index (κ3) is 4.51. The van der Waals surface area contributed by atoms with Crippen LogP contribution in [0.5, 0.6) is 5.75 Å². The minimum Gasteiger partial charge on any atom is -0.494 e. The first-order valence-electron chi connectivity index (χ1n) is 6.84. The molecule has 0 unspecified atom stereocenters. The van der Waals surface area contributed by atoms with Crippen molar-refractivity contribution < 1.29 is 23.7 Å². The van der Waals surface area contributed by atoms with E-state index < -0.39 is 0 Å². The Morgan fingerprint density at radius 2 is 1.90 bits per heavy atom. The van der Waals surface area contributed by atoms with E-state index in [-0.39, 0.29) is 12.3 Å². The summed E-state index contributed by atoms with van der Waals surface area (Å²) in [6.07, 6.45) is 2.83. The molecule has 5 heteroatoms. The van der Waals surface area contributed by atoms with Gasteiger partial charge < -0.3 is 18.9 Å². The van der Waals surface area contributed by atoms with E-state index in [1.165, 1.54) is 7.11 Å². The van der Waals surface area contributed by atoms with Crippen molar-refractivity contribution in [1.29, 1.82) is 0 Å². The summed E-state index contributed by atoms with van der Waals surface area (Å²) in [5, 5.41) is 0. The average Bonchev–Trinajstić information content (AvgIpc) is 3.00. The lowest BCUT2D eigenvalue weighted by Gasteiger charge is -2.09. The molecule has 110 valence electrons. The van der Waals surface area contributed by atoms with Crippen LogP contribution in [0.2, 0.25) is 0 Å². The van der Waals surface area contributed by atoms with E-state index in [1.54, 1.807) is 24.3 Å². The van der Waals surface area contributed by atoms with Crippen LogP contribution < -0.4 is 4.74 Å². The summed E-state index contributed by atoms with van der Waals surface area (Å²) in [5.41, 5.74) is 0.524. The molecule has 0 spiro atoms. The molecule has 1 heterocycles. The van der Waals surface area contributed by atoms with Crippen LogP contribution in [0.25, 0.3) is 0 Å². The predicted molar refractivity (Wildman–Crippen MR) is 72.8 cm³/mol. The Hall–Kier alpha value is -1.59. The Labute approximate surface area is 118 Å². The largest absolute Gasteiger partial charge is 0.494 e. The van der Waals surface area contributed by atoms with Crippen molar-refractivity contribution >= 4 is 5.97 Å². The normalized spacial score (nSPS) is 15.2. The topological polar surface area (TPSA) is 54.0 Å². The molecule has 1 fully saturated rings. The summed E-state index contributed by atoms with van der Waals surface area (Å²) in [4.78, 5) is 11.3. The van der Waals surface area contributed by atoms with E-state index in [0.717, 1.165) is 25.0 Å². The van der Waals surface area contributed by atoms with Crippen LogP contribution in [0.3, 0.4) is 0 Å². The van der Waals surface area contributed by atoms with E-state index in [9.17, 15) is 4.79 Å². The molecular formula is C15H20O5. The lowest BCUT2D eigenvalue weighted by atomic mass is 10.2. The van der Waals surface area contributed by atoms with E-state index >= 15 is 0 Å². The third-order valence-corrected chi connectivity index (χ3v) is 3.07. The molecule has 0 amide bonds. The molecule has 20 heavy (non-hydrogen) atoms. The highest BCUT2D eigenvalue weighted by Gasteiger charge is 2.14. The quantitative estimate of drug-likeness (QED) is 0.567. The van der Waals surface area contributed by atoms with Crippen LogP contribution in [-0.2, 0) is 14.2 Å². The summed E-state index contributed by atoms with van der Waals surface area (Å²) in [6, 6.07) is 6.94. The van der Waals surface area contributed by atoms with Crippen molar-refractivity contribution in [1.82, 2.24) is 0 Å². The van der Waals surface area contributed by atoms with Gasteiger partial charge in [-0.25, -0.2) is 4.79 Å². The van der Waals surface area contributed by atoms with Gasteiger partial charge in [-0.05, 0) is 43.5 Å². The summed E-state index contributed by atoms with van der Waals surface area (Å²) < 4.78 is 21.0. The van der Waals surface area contributed by atoms with Gasteiger partial charge in [-0.3, -0.25) is 0 Å². The van der Waals surface area contributed by atoms with Gasteiger partial charge in [0.15, 0.2) is 6.29 Å². The predicted octanol–water partition coefficient (Wildman–Crippen LogP) is 2.40. The molecule has 0 aliphatic carbocycles. The van der Waals surface area contributed by atoms with Gasteiger partial charge in [0, 0.05) is 0 Å². The number of unbranched alkanes of at least 4 members (excludes halogenated alkanes) is 1. The zero-order valence-corrected chi connectivity index (χ0v) is 11.7. The molecule has 1 aliphatic rings. The molecule has 5 nitrogen and oxygen atoms in total. The van der Waals surface area contributed by atoms with Gasteiger partial charge in [-0.15, -0.1) is 0 Å². The minimum absolute atomic E-state index is 0.0330. The fourth-order valence-corrected chi connectivity index (χ4v) is 1.98. The Morgan fingerprint density at radius 1 is 1.20 bits per heavy atom. The summed E-state index contributed by atoms with van der Waals surface area (Å²) >= 11 is 0. The molecule has 0 radical (unpaired) electrons. The number of rotatable bonds is 7. The van der Waals surface area contributed by atoms with Crippen LogP contribution in [0.15, 0.2) is 24.3 Å². The van der Waals surface area contributed by atoms with Crippen molar-refractivity contribution in [2.24, 2.45) is 0 Å². The molecule has 2 rings (SSSR count). The van der Waals surface area contributed by atoms with E-state index in [1.807, 2.05) is 0 Å². The van der Waals surface area contributed by atoms with Crippen molar-refractivity contribution in [3.8, 4) is 5.75 Å². The number of ether oxygens (including phenoxy) is 4. The Kier molecular flexibility index (Phi) is 5.83. The molecule has 1 saturated heterocycles. The molecule has 0 aromatic heterocycles. The second-order valence-corrected chi connectivity index (χ2v) is 4.53. The van der Waals surface area contributed by atoms with Gasteiger partial charge in [0.05, 0.1) is 32.5 Å². The summed E-state index contributed by atoms with van der Waals surface area (Å²) in [5.74, 6) is 0.416. The number of esters is 1. The van der Waals surface area contributed by atoms with Crippen molar-refractivity contribution in [3.63, 3.8) is 0 Å². The summed E-state index contributed by atoms with van der Waals surface area (Å²) in [6.45, 7) is 2.05. The first-order valence-corrected chi connectivity index (χ1v) is 6.84. The summed E-state index contributed by atoms with van der Waals surface area (Å²) in [7, 11) is 1.37. The standard InChI is InChI=1S/C15H20O5/c1-17-15(16)12-5-7-13(8-6-12)18-9-3-2-4-14-19-10-11-20-14/h5-8,14H,2-4,9-11H2,1H3. The van der Waals surface area contributed by atoms with Crippen LogP contribution in [-0.4, -0.2) is 39.2 Å². The number of carbonyl (C=O) groups is 1. The Morgan fingerprint density at radius 3 is 2.55 bits per heavy atom. The van der Waals surface area contributed by atoms with E-state index in [0.29, 0.717) is 25.4 Å². The highest BCUT2D eigenvalue weighted by atomic mass is 16.7. The van der Waals surface area contributed by atoms with Crippen molar-refractivity contribution in [2.75, 3.05) is 26.9 Å². The zero-order chi connectivity index (χ0) is 14.2. The highest BCUT2D eigenvalue weighted by molar-refractivity contribution is 5.89. The molecule has 0 N–H and O–H groups in total. The lowest BCUT2D eigenvalue weighted by Crippen LogP contribution is -2.08. The van der Waals surface area contributed by atoms with Gasteiger partial charge in [0.1, 0.15) is 5.75 Å². The minimum atomic E-state index is -0.340. The maximum Gasteiger partial charge on any atom is 0.337 e. The van der Waals surface area contributed by atoms with Gasteiger partial charge in [0.2, 0.25) is 0 Å². The average molecular weight is 280 g/mol. The molecular weight excluding hydrogens is 260 g/mol. The Balaban J connectivity index is 1.62. The van der Waals surface area contributed by atoms with Gasteiger partial charge in [-0.1, -0.05) is 0 Å². The van der Waals surface area contributed by atoms with Crippen molar-refractivity contribution in [3.05, 3.63) is 29.8 Å². The first kappa shape index (κ1) is 14.8. The lowest BCUT2D eigenvalue weighted by molar-refractivity contribution is -0.0482. The molecule has 0 bridgehead atoms. The number of hydrogen-bond acceptors (Lipinski definition) is 5. The number of benzene rings is 1. The van der Waals surface area contributed by atoms with Gasteiger partial charge in [-0.2, -0.15) is 0 Å². The monoisotopic (exact) mass is 280 g/mol.